The number of hydrogen-bond donors (Lipinski definition) is 1. The number of hydrogen-bond acceptors (Lipinski definition) is 1. The Labute approximate surface area is 103 Å². The predicted molar refractivity (Wildman–Crippen MR) is 72.5 cm³/mol. The van der Waals surface area contributed by atoms with Crippen molar-refractivity contribution in [2.75, 3.05) is 0 Å². The summed E-state index contributed by atoms with van der Waals surface area (Å²) in [7, 11) is 0. The maximum absolute atomic E-state index is 10.2. The maximum atomic E-state index is 10.2. The molecule has 0 aromatic rings. The van der Waals surface area contributed by atoms with Gasteiger partial charge >= 0.3 is 0 Å². The molecule has 0 aromatic heterocycles. The molecular weight excluding hydrogens is 196 g/mol. The third kappa shape index (κ3) is 7.27. The van der Waals surface area contributed by atoms with Gasteiger partial charge in [-0.15, -0.1) is 0 Å². The van der Waals surface area contributed by atoms with Crippen molar-refractivity contribution in [2.45, 2.75) is 79.2 Å². The van der Waals surface area contributed by atoms with Gasteiger partial charge in [0.1, 0.15) is 0 Å². The van der Waals surface area contributed by atoms with E-state index in [1.807, 2.05) is 0 Å². The Morgan fingerprint density at radius 2 is 1.62 bits per heavy atom. The highest BCUT2D eigenvalue weighted by Gasteiger charge is 2.19. The van der Waals surface area contributed by atoms with Crippen molar-refractivity contribution in [1.82, 2.24) is 0 Å². The SMILES string of the molecule is CCCCC(CC)C(O)CC(C)CC(C)C. The first-order valence-electron chi connectivity index (χ1n) is 7.19. The van der Waals surface area contributed by atoms with Crippen LogP contribution in [0, 0.1) is 17.8 Å². The van der Waals surface area contributed by atoms with E-state index in [-0.39, 0.29) is 6.10 Å². The first kappa shape index (κ1) is 16.0. The standard InChI is InChI=1S/C15H32O/c1-6-8-9-14(7-2)15(16)11-13(5)10-12(3)4/h12-16H,6-11H2,1-5H3. The van der Waals surface area contributed by atoms with E-state index in [0.29, 0.717) is 11.8 Å². The van der Waals surface area contributed by atoms with Crippen molar-refractivity contribution in [2.24, 2.45) is 17.8 Å². The Bertz CT molecular complexity index is 154. The minimum absolute atomic E-state index is 0.0784. The third-order valence-corrected chi connectivity index (χ3v) is 3.51. The first-order chi connectivity index (χ1) is 7.51. The summed E-state index contributed by atoms with van der Waals surface area (Å²) in [5.74, 6) is 1.93. The fourth-order valence-electron chi connectivity index (χ4n) is 2.64. The second-order valence-corrected chi connectivity index (χ2v) is 5.85. The molecule has 0 saturated heterocycles. The van der Waals surface area contributed by atoms with Crippen molar-refractivity contribution < 1.29 is 5.11 Å². The predicted octanol–water partition coefficient (Wildman–Crippen LogP) is 4.64. The number of aliphatic hydroxyl groups excluding tert-OH is 1. The van der Waals surface area contributed by atoms with Crippen molar-refractivity contribution in [3.05, 3.63) is 0 Å². The van der Waals surface area contributed by atoms with E-state index in [0.717, 1.165) is 18.8 Å². The van der Waals surface area contributed by atoms with Gasteiger partial charge in [0, 0.05) is 0 Å². The van der Waals surface area contributed by atoms with E-state index in [2.05, 4.69) is 34.6 Å². The Hall–Kier alpha value is -0.0400. The van der Waals surface area contributed by atoms with Gasteiger partial charge in [-0.1, -0.05) is 53.9 Å². The zero-order valence-electron chi connectivity index (χ0n) is 12.0. The van der Waals surface area contributed by atoms with E-state index in [1.54, 1.807) is 0 Å². The first-order valence-corrected chi connectivity index (χ1v) is 7.19. The van der Waals surface area contributed by atoms with Gasteiger partial charge in [0.05, 0.1) is 6.10 Å². The minimum atomic E-state index is -0.0784. The molecule has 0 fully saturated rings. The van der Waals surface area contributed by atoms with Crippen LogP contribution in [0.3, 0.4) is 0 Å². The molecule has 0 amide bonds. The van der Waals surface area contributed by atoms with Crippen LogP contribution in [0.5, 0.6) is 0 Å². The molecular formula is C15H32O. The van der Waals surface area contributed by atoms with Gasteiger partial charge in [0.15, 0.2) is 0 Å². The van der Waals surface area contributed by atoms with Gasteiger partial charge in [0.25, 0.3) is 0 Å². The molecule has 0 saturated carbocycles. The van der Waals surface area contributed by atoms with Gasteiger partial charge in [-0.3, -0.25) is 0 Å². The summed E-state index contributed by atoms with van der Waals surface area (Å²) >= 11 is 0. The summed E-state index contributed by atoms with van der Waals surface area (Å²) in [6.07, 6.45) is 6.96. The van der Waals surface area contributed by atoms with Gasteiger partial charge in [-0.05, 0) is 37.0 Å². The molecule has 3 unspecified atom stereocenters. The second kappa shape index (κ2) is 9.04. The highest BCUT2D eigenvalue weighted by atomic mass is 16.3. The number of rotatable bonds is 9. The van der Waals surface area contributed by atoms with E-state index >= 15 is 0 Å². The molecule has 1 nitrogen and oxygen atoms in total. The lowest BCUT2D eigenvalue weighted by Gasteiger charge is -2.25. The number of aliphatic hydroxyl groups is 1. The van der Waals surface area contributed by atoms with Gasteiger partial charge in [-0.2, -0.15) is 0 Å². The van der Waals surface area contributed by atoms with Gasteiger partial charge in [-0.25, -0.2) is 0 Å². The molecule has 0 spiro atoms. The molecule has 0 bridgehead atoms. The van der Waals surface area contributed by atoms with Crippen LogP contribution in [0.25, 0.3) is 0 Å². The fraction of sp³-hybridized carbons (Fsp3) is 1.00. The van der Waals surface area contributed by atoms with E-state index in [9.17, 15) is 5.11 Å². The van der Waals surface area contributed by atoms with E-state index in [1.165, 1.54) is 25.7 Å². The van der Waals surface area contributed by atoms with Crippen LogP contribution < -0.4 is 0 Å². The van der Waals surface area contributed by atoms with Crippen LogP contribution in [-0.2, 0) is 0 Å². The quantitative estimate of drug-likeness (QED) is 0.609. The Morgan fingerprint density at radius 3 is 2.06 bits per heavy atom. The zero-order valence-corrected chi connectivity index (χ0v) is 12.0. The lowest BCUT2D eigenvalue weighted by atomic mass is 9.85. The van der Waals surface area contributed by atoms with Crippen LogP contribution >= 0.6 is 0 Å². The zero-order chi connectivity index (χ0) is 12.6. The van der Waals surface area contributed by atoms with Crippen LogP contribution in [0.1, 0.15) is 73.1 Å². The molecule has 0 rings (SSSR count). The molecule has 0 aliphatic heterocycles. The van der Waals surface area contributed by atoms with Crippen molar-refractivity contribution in [3.63, 3.8) is 0 Å². The van der Waals surface area contributed by atoms with Gasteiger partial charge in [0.2, 0.25) is 0 Å². The van der Waals surface area contributed by atoms with E-state index < -0.39 is 0 Å². The lowest BCUT2D eigenvalue weighted by molar-refractivity contribution is 0.0731. The molecule has 0 heterocycles. The summed E-state index contributed by atoms with van der Waals surface area (Å²) < 4.78 is 0. The average Bonchev–Trinajstić information content (AvgIpc) is 2.17. The van der Waals surface area contributed by atoms with Crippen LogP contribution in [0.2, 0.25) is 0 Å². The summed E-state index contributed by atoms with van der Waals surface area (Å²) in [5.41, 5.74) is 0. The van der Waals surface area contributed by atoms with Crippen LogP contribution in [0.15, 0.2) is 0 Å². The molecule has 0 aliphatic rings. The van der Waals surface area contributed by atoms with E-state index in [4.69, 9.17) is 0 Å². The van der Waals surface area contributed by atoms with Gasteiger partial charge < -0.3 is 5.11 Å². The summed E-state index contributed by atoms with van der Waals surface area (Å²) in [5, 5.41) is 10.2. The summed E-state index contributed by atoms with van der Waals surface area (Å²) in [6, 6.07) is 0. The summed E-state index contributed by atoms with van der Waals surface area (Å²) in [6.45, 7) is 11.2. The summed E-state index contributed by atoms with van der Waals surface area (Å²) in [4.78, 5) is 0. The smallest absolute Gasteiger partial charge is 0.0570 e. The highest BCUT2D eigenvalue weighted by molar-refractivity contribution is 4.71. The Balaban J connectivity index is 3.94. The topological polar surface area (TPSA) is 20.2 Å². The Kier molecular flexibility index (Phi) is 9.02. The molecule has 0 aliphatic carbocycles. The molecule has 3 atom stereocenters. The molecule has 98 valence electrons. The lowest BCUT2D eigenvalue weighted by Crippen LogP contribution is -2.23. The molecule has 0 radical (unpaired) electrons. The van der Waals surface area contributed by atoms with Crippen LogP contribution in [0.4, 0.5) is 0 Å². The molecule has 16 heavy (non-hydrogen) atoms. The van der Waals surface area contributed by atoms with Crippen molar-refractivity contribution in [1.29, 1.82) is 0 Å². The maximum Gasteiger partial charge on any atom is 0.0570 e. The van der Waals surface area contributed by atoms with Crippen LogP contribution in [-0.4, -0.2) is 11.2 Å². The third-order valence-electron chi connectivity index (χ3n) is 3.51. The van der Waals surface area contributed by atoms with Crippen molar-refractivity contribution >= 4 is 0 Å². The molecule has 1 N–H and O–H groups in total. The average molecular weight is 228 g/mol. The molecule has 1 heteroatoms. The monoisotopic (exact) mass is 228 g/mol. The molecule has 0 aromatic carbocycles. The van der Waals surface area contributed by atoms with Crippen molar-refractivity contribution in [3.8, 4) is 0 Å². The second-order valence-electron chi connectivity index (χ2n) is 5.85. The Morgan fingerprint density at radius 1 is 1.00 bits per heavy atom. The minimum Gasteiger partial charge on any atom is -0.393 e. The largest absolute Gasteiger partial charge is 0.393 e. The fourth-order valence-corrected chi connectivity index (χ4v) is 2.64. The highest BCUT2D eigenvalue weighted by Crippen LogP contribution is 2.24. The number of unbranched alkanes of at least 4 members (excludes halogenated alkanes) is 1. The normalized spacial score (nSPS) is 17.4.